The quantitative estimate of drug-likeness (QED) is 0.161. The van der Waals surface area contributed by atoms with E-state index in [0.717, 1.165) is 84.4 Å². The lowest BCUT2D eigenvalue weighted by molar-refractivity contribution is 0.590. The topological polar surface area (TPSA) is 48.6 Å². The van der Waals surface area contributed by atoms with Crippen molar-refractivity contribution in [3.8, 4) is 0 Å². The van der Waals surface area contributed by atoms with Crippen molar-refractivity contribution in [2.75, 3.05) is 14.7 Å². The van der Waals surface area contributed by atoms with E-state index in [4.69, 9.17) is 14.4 Å². The Labute approximate surface area is 383 Å². The SMILES string of the molecule is CC(C)(C)c1ccc(N(c2ccc(C(C)(C)C)cc2)c2ccc3c(n2)N(c2cccc4c2oc2ccccc24)c2cc(C(C)(C)C)cc4c2B3c2cccnc2N4c2ccccc2)cc1. The number of rotatable bonds is 5. The van der Waals surface area contributed by atoms with Gasteiger partial charge < -0.3 is 4.42 Å². The van der Waals surface area contributed by atoms with Gasteiger partial charge in [-0.3, -0.25) is 14.7 Å². The van der Waals surface area contributed by atoms with Gasteiger partial charge in [0.2, 0.25) is 0 Å². The molecule has 11 rings (SSSR count). The minimum atomic E-state index is -0.185. The molecule has 0 aliphatic carbocycles. The summed E-state index contributed by atoms with van der Waals surface area (Å²) < 4.78 is 6.90. The van der Waals surface area contributed by atoms with Gasteiger partial charge in [-0.15, -0.1) is 0 Å². The summed E-state index contributed by atoms with van der Waals surface area (Å²) in [7, 11) is 0. The highest BCUT2D eigenvalue weighted by Gasteiger charge is 2.46. The molecule has 320 valence electrons. The molecule has 9 aromatic rings. The molecule has 2 aliphatic rings. The van der Waals surface area contributed by atoms with Crippen molar-refractivity contribution in [3.63, 3.8) is 0 Å². The van der Waals surface area contributed by atoms with Crippen molar-refractivity contribution in [2.45, 2.75) is 78.6 Å². The highest BCUT2D eigenvalue weighted by atomic mass is 16.3. The second kappa shape index (κ2) is 14.7. The Hall–Kier alpha value is -7.12. The average Bonchev–Trinajstić information content (AvgIpc) is 3.68. The van der Waals surface area contributed by atoms with Crippen LogP contribution in [0.25, 0.3) is 21.9 Å². The van der Waals surface area contributed by atoms with E-state index >= 15 is 0 Å². The zero-order chi connectivity index (χ0) is 45.0. The van der Waals surface area contributed by atoms with Gasteiger partial charge in [0.15, 0.2) is 5.58 Å². The third-order valence-electron chi connectivity index (χ3n) is 13.4. The lowest BCUT2D eigenvalue weighted by Gasteiger charge is -2.44. The van der Waals surface area contributed by atoms with Gasteiger partial charge in [-0.05, 0) is 122 Å². The number of anilines is 9. The van der Waals surface area contributed by atoms with Crippen LogP contribution in [0.1, 0.15) is 79.0 Å². The van der Waals surface area contributed by atoms with Crippen LogP contribution in [-0.2, 0) is 16.2 Å². The Kier molecular flexibility index (Phi) is 9.20. The predicted octanol–water partition coefficient (Wildman–Crippen LogP) is 13.8. The molecule has 65 heavy (non-hydrogen) atoms. The summed E-state index contributed by atoms with van der Waals surface area (Å²) >= 11 is 0. The van der Waals surface area contributed by atoms with Crippen LogP contribution in [0.15, 0.2) is 168 Å². The molecule has 6 nitrogen and oxygen atoms in total. The van der Waals surface area contributed by atoms with Crippen LogP contribution in [-0.4, -0.2) is 16.7 Å². The first-order valence-corrected chi connectivity index (χ1v) is 22.9. The van der Waals surface area contributed by atoms with E-state index in [2.05, 4.69) is 229 Å². The standard InChI is InChI=1S/C58H54BN5O/c1-56(2,3)37-24-28-41(29-25-37)62(42-30-26-38(27-31-42)57(4,5)6)51-33-32-46-55(61-51)64(47-22-15-20-44-43-19-13-14-23-50(43)65-53(44)47)49-36-39(58(7,8)9)35-48-52(49)59(46)45-21-16-34-60-54(45)63(48)40-17-11-10-12-18-40/h10-36H,1-9H3. The number of fused-ring (bicyclic) bond motifs is 7. The average molecular weight is 848 g/mol. The molecule has 0 N–H and O–H groups in total. The van der Waals surface area contributed by atoms with Crippen LogP contribution in [0.3, 0.4) is 0 Å². The fraction of sp³-hybridized carbons (Fsp3) is 0.207. The number of pyridine rings is 2. The maximum absolute atomic E-state index is 6.90. The number of para-hydroxylation sites is 3. The maximum Gasteiger partial charge on any atom is 0.256 e. The van der Waals surface area contributed by atoms with E-state index in [9.17, 15) is 0 Å². The molecule has 0 atom stereocenters. The van der Waals surface area contributed by atoms with Crippen LogP contribution in [0.4, 0.5) is 51.6 Å². The largest absolute Gasteiger partial charge is 0.454 e. The number of hydrogen-bond donors (Lipinski definition) is 0. The molecule has 2 aliphatic heterocycles. The Morgan fingerprint density at radius 1 is 0.492 bits per heavy atom. The molecule has 0 amide bonds. The van der Waals surface area contributed by atoms with E-state index in [0.29, 0.717) is 0 Å². The Bertz CT molecular complexity index is 3220. The van der Waals surface area contributed by atoms with E-state index in [1.807, 2.05) is 12.3 Å². The zero-order valence-corrected chi connectivity index (χ0v) is 38.8. The molecule has 0 bridgehead atoms. The molecule has 0 saturated heterocycles. The molecule has 0 radical (unpaired) electrons. The van der Waals surface area contributed by atoms with Crippen molar-refractivity contribution in [2.24, 2.45) is 0 Å². The minimum absolute atomic E-state index is 0.0132. The smallest absolute Gasteiger partial charge is 0.256 e. The Morgan fingerprint density at radius 2 is 1.08 bits per heavy atom. The van der Waals surface area contributed by atoms with Crippen LogP contribution >= 0.6 is 0 Å². The molecule has 0 fully saturated rings. The molecule has 0 spiro atoms. The summed E-state index contributed by atoms with van der Waals surface area (Å²) in [6.07, 6.45) is 1.92. The van der Waals surface area contributed by atoms with Crippen LogP contribution in [0.2, 0.25) is 0 Å². The van der Waals surface area contributed by atoms with Crippen LogP contribution in [0, 0.1) is 0 Å². The molecule has 5 heterocycles. The summed E-state index contributed by atoms with van der Waals surface area (Å²) in [5.41, 5.74) is 15.0. The molecule has 0 unspecified atom stereocenters. The fourth-order valence-electron chi connectivity index (χ4n) is 9.85. The molecular weight excluding hydrogens is 793 g/mol. The maximum atomic E-state index is 6.90. The summed E-state index contributed by atoms with van der Waals surface area (Å²) in [6, 6.07) is 57.2. The number of aromatic nitrogens is 2. The molecule has 3 aromatic heterocycles. The van der Waals surface area contributed by atoms with Gasteiger partial charge in [0, 0.05) is 45.4 Å². The second-order valence-electron chi connectivity index (χ2n) is 20.8. The molecule has 6 aromatic carbocycles. The lowest BCUT2D eigenvalue weighted by atomic mass is 9.34. The summed E-state index contributed by atoms with van der Waals surface area (Å²) in [6.45, 7) is 20.3. The van der Waals surface area contributed by atoms with Crippen LogP contribution in [0.5, 0.6) is 0 Å². The predicted molar refractivity (Wildman–Crippen MR) is 274 cm³/mol. The van der Waals surface area contributed by atoms with Gasteiger partial charge in [0.25, 0.3) is 6.71 Å². The van der Waals surface area contributed by atoms with Gasteiger partial charge in [0.05, 0.1) is 5.69 Å². The van der Waals surface area contributed by atoms with Crippen molar-refractivity contribution in [1.29, 1.82) is 0 Å². The number of benzene rings is 6. The van der Waals surface area contributed by atoms with Gasteiger partial charge in [-0.25, -0.2) is 9.97 Å². The Balaban J connectivity index is 1.23. The molecule has 0 saturated carbocycles. The van der Waals surface area contributed by atoms with Crippen LogP contribution < -0.4 is 31.1 Å². The highest BCUT2D eigenvalue weighted by Crippen LogP contribution is 2.48. The first-order valence-electron chi connectivity index (χ1n) is 22.9. The molecule has 7 heteroatoms. The third-order valence-corrected chi connectivity index (χ3v) is 13.4. The van der Waals surface area contributed by atoms with Crippen molar-refractivity contribution in [1.82, 2.24) is 9.97 Å². The molecular formula is C58H54BN5O. The fourth-order valence-corrected chi connectivity index (χ4v) is 9.85. The number of hydrogen-bond acceptors (Lipinski definition) is 6. The van der Waals surface area contributed by atoms with E-state index in [1.165, 1.54) is 22.2 Å². The lowest BCUT2D eigenvalue weighted by Crippen LogP contribution is -2.62. The number of furan rings is 1. The first-order chi connectivity index (χ1) is 31.1. The van der Waals surface area contributed by atoms with Crippen molar-refractivity contribution in [3.05, 3.63) is 181 Å². The van der Waals surface area contributed by atoms with E-state index in [-0.39, 0.29) is 23.0 Å². The Morgan fingerprint density at radius 3 is 1.72 bits per heavy atom. The summed E-state index contributed by atoms with van der Waals surface area (Å²) in [4.78, 5) is 18.1. The second-order valence-corrected chi connectivity index (χ2v) is 20.8. The van der Waals surface area contributed by atoms with Gasteiger partial charge in [-0.1, -0.05) is 147 Å². The van der Waals surface area contributed by atoms with E-state index < -0.39 is 0 Å². The van der Waals surface area contributed by atoms with Gasteiger partial charge >= 0.3 is 0 Å². The third kappa shape index (κ3) is 6.70. The highest BCUT2D eigenvalue weighted by molar-refractivity contribution is 7.00. The van der Waals surface area contributed by atoms with Crippen molar-refractivity contribution < 1.29 is 4.42 Å². The first kappa shape index (κ1) is 40.6. The van der Waals surface area contributed by atoms with Crippen molar-refractivity contribution >= 4 is 96.6 Å². The zero-order valence-electron chi connectivity index (χ0n) is 38.8. The van der Waals surface area contributed by atoms with E-state index in [1.54, 1.807) is 0 Å². The summed E-state index contributed by atoms with van der Waals surface area (Å²) in [5, 5.41) is 2.16. The van der Waals surface area contributed by atoms with Gasteiger partial charge in [-0.2, -0.15) is 0 Å². The minimum Gasteiger partial charge on any atom is -0.454 e. The monoisotopic (exact) mass is 847 g/mol. The normalized spacial score (nSPS) is 13.5. The van der Waals surface area contributed by atoms with Gasteiger partial charge in [0.1, 0.15) is 23.0 Å². The summed E-state index contributed by atoms with van der Waals surface area (Å²) in [5.74, 6) is 2.60. The number of nitrogens with zero attached hydrogens (tertiary/aromatic N) is 5.